The van der Waals surface area contributed by atoms with Gasteiger partial charge < -0.3 is 24.9 Å². The summed E-state index contributed by atoms with van der Waals surface area (Å²) in [5.74, 6) is -0.309. The summed E-state index contributed by atoms with van der Waals surface area (Å²) in [4.78, 5) is 26.8. The first-order valence-electron chi connectivity index (χ1n) is 10.6. The third-order valence-electron chi connectivity index (χ3n) is 5.22. The lowest BCUT2D eigenvalue weighted by Crippen LogP contribution is -2.42. The van der Waals surface area contributed by atoms with Crippen LogP contribution in [-0.4, -0.2) is 28.2 Å². The molecule has 1 unspecified atom stereocenters. The molecule has 0 saturated carbocycles. The van der Waals surface area contributed by atoms with E-state index in [1.54, 1.807) is 0 Å². The van der Waals surface area contributed by atoms with Gasteiger partial charge in [0.15, 0.2) is 0 Å². The second-order valence-electron chi connectivity index (χ2n) is 7.60. The Morgan fingerprint density at radius 1 is 0.848 bits per heavy atom. The molecular formula is C26H24N2O5. The van der Waals surface area contributed by atoms with Crippen molar-refractivity contribution >= 4 is 23.0 Å². The summed E-state index contributed by atoms with van der Waals surface area (Å²) in [5.41, 5.74) is 3.60. The molecule has 0 aliphatic heterocycles. The summed E-state index contributed by atoms with van der Waals surface area (Å²) in [7, 11) is 0. The molecular weight excluding hydrogens is 420 g/mol. The predicted octanol–water partition coefficient (Wildman–Crippen LogP) is 4.67. The summed E-state index contributed by atoms with van der Waals surface area (Å²) >= 11 is 0. The molecule has 7 heteroatoms. The van der Waals surface area contributed by atoms with E-state index in [0.29, 0.717) is 6.61 Å². The minimum atomic E-state index is -1.12. The molecule has 3 aromatic carbocycles. The van der Waals surface area contributed by atoms with Gasteiger partial charge in [-0.1, -0.05) is 60.7 Å². The summed E-state index contributed by atoms with van der Waals surface area (Å²) < 4.78 is 11.2. The van der Waals surface area contributed by atoms with Crippen molar-refractivity contribution in [1.82, 2.24) is 10.3 Å². The smallest absolute Gasteiger partial charge is 0.408 e. The highest BCUT2D eigenvalue weighted by atomic mass is 16.5. The number of nitrogens with one attached hydrogen (secondary N) is 2. The first-order valence-corrected chi connectivity index (χ1v) is 10.6. The van der Waals surface area contributed by atoms with Crippen LogP contribution >= 0.6 is 0 Å². The molecule has 0 aliphatic carbocycles. The number of hydrogen-bond donors (Lipinski definition) is 3. The van der Waals surface area contributed by atoms with E-state index in [-0.39, 0.29) is 13.0 Å². The van der Waals surface area contributed by atoms with Crippen molar-refractivity contribution in [3.05, 3.63) is 102 Å². The van der Waals surface area contributed by atoms with Gasteiger partial charge in [-0.15, -0.1) is 0 Å². The topological polar surface area (TPSA) is 101 Å². The lowest BCUT2D eigenvalue weighted by atomic mass is 10.1. The van der Waals surface area contributed by atoms with Crippen molar-refractivity contribution in [3.8, 4) is 5.75 Å². The molecule has 33 heavy (non-hydrogen) atoms. The molecule has 1 atom stereocenters. The van der Waals surface area contributed by atoms with Gasteiger partial charge in [0.2, 0.25) is 0 Å². The zero-order valence-corrected chi connectivity index (χ0v) is 17.9. The van der Waals surface area contributed by atoms with Crippen molar-refractivity contribution in [2.75, 3.05) is 0 Å². The molecule has 0 aliphatic rings. The van der Waals surface area contributed by atoms with Crippen LogP contribution in [-0.2, 0) is 29.2 Å². The monoisotopic (exact) mass is 444 g/mol. The molecule has 7 nitrogen and oxygen atoms in total. The maximum atomic E-state index is 12.1. The number of aromatic amines is 1. The number of amides is 1. The standard InChI is InChI=1S/C26H24N2O5/c29-25(30)23(15-18-5-2-1-3-6-18)28-26(31)33-17-20-11-9-19(10-12-20)16-32-24-8-4-7-22-21(24)13-14-27-22/h1-14,23,27H,15-17H2,(H,28,31)(H,29,30). The number of benzene rings is 3. The van der Waals surface area contributed by atoms with Gasteiger partial charge in [-0.25, -0.2) is 9.59 Å². The van der Waals surface area contributed by atoms with Gasteiger partial charge in [-0.2, -0.15) is 0 Å². The van der Waals surface area contributed by atoms with Crippen molar-refractivity contribution in [2.45, 2.75) is 25.7 Å². The van der Waals surface area contributed by atoms with Crippen molar-refractivity contribution in [3.63, 3.8) is 0 Å². The van der Waals surface area contributed by atoms with Crippen LogP contribution in [0.5, 0.6) is 5.75 Å². The van der Waals surface area contributed by atoms with Crippen LogP contribution in [0.25, 0.3) is 10.9 Å². The molecule has 1 amide bonds. The van der Waals surface area contributed by atoms with Crippen LogP contribution < -0.4 is 10.1 Å². The molecule has 4 aromatic rings. The number of carbonyl (C=O) groups excluding carboxylic acids is 1. The second-order valence-corrected chi connectivity index (χ2v) is 7.60. The maximum absolute atomic E-state index is 12.1. The number of ether oxygens (including phenoxy) is 2. The molecule has 0 saturated heterocycles. The summed E-state index contributed by atoms with van der Waals surface area (Å²) in [6.07, 6.45) is 1.28. The van der Waals surface area contributed by atoms with E-state index in [1.807, 2.05) is 85.1 Å². The normalized spacial score (nSPS) is 11.6. The quantitative estimate of drug-likeness (QED) is 0.348. The van der Waals surface area contributed by atoms with E-state index in [0.717, 1.165) is 33.3 Å². The number of rotatable bonds is 9. The Bertz CT molecular complexity index is 1220. The van der Waals surface area contributed by atoms with Gasteiger partial charge in [-0.3, -0.25) is 0 Å². The highest BCUT2D eigenvalue weighted by Crippen LogP contribution is 2.25. The van der Waals surface area contributed by atoms with Crippen LogP contribution in [0.4, 0.5) is 4.79 Å². The van der Waals surface area contributed by atoms with Gasteiger partial charge in [0, 0.05) is 23.5 Å². The summed E-state index contributed by atoms with van der Waals surface area (Å²) in [5, 5.41) is 12.8. The molecule has 4 rings (SSSR count). The number of carboxylic acid groups (broad SMARTS) is 1. The SMILES string of the molecule is O=C(NC(Cc1ccccc1)C(=O)O)OCc1ccc(COc2cccc3[nH]ccc23)cc1. The second kappa shape index (κ2) is 10.4. The van der Waals surface area contributed by atoms with Crippen LogP contribution in [0.1, 0.15) is 16.7 Å². The largest absolute Gasteiger partial charge is 0.488 e. The van der Waals surface area contributed by atoms with Crippen molar-refractivity contribution < 1.29 is 24.2 Å². The number of fused-ring (bicyclic) bond motifs is 1. The summed E-state index contributed by atoms with van der Waals surface area (Å²) in [6.45, 7) is 0.443. The zero-order valence-electron chi connectivity index (χ0n) is 17.9. The minimum absolute atomic E-state index is 0.0350. The van der Waals surface area contributed by atoms with E-state index in [2.05, 4.69) is 10.3 Å². The number of carboxylic acids is 1. The van der Waals surface area contributed by atoms with E-state index in [1.165, 1.54) is 0 Å². The fourth-order valence-electron chi connectivity index (χ4n) is 3.46. The Balaban J connectivity index is 1.26. The Hall–Kier alpha value is -4.26. The number of aromatic nitrogens is 1. The van der Waals surface area contributed by atoms with Crippen LogP contribution in [0.3, 0.4) is 0 Å². The Morgan fingerprint density at radius 2 is 1.58 bits per heavy atom. The molecule has 0 fully saturated rings. The van der Waals surface area contributed by atoms with Crippen molar-refractivity contribution in [2.24, 2.45) is 0 Å². The average molecular weight is 444 g/mol. The Kier molecular flexibility index (Phi) is 6.90. The number of H-pyrrole nitrogens is 1. The van der Waals surface area contributed by atoms with E-state index >= 15 is 0 Å². The lowest BCUT2D eigenvalue weighted by Gasteiger charge is -2.15. The third-order valence-corrected chi connectivity index (χ3v) is 5.22. The molecule has 0 radical (unpaired) electrons. The first-order chi connectivity index (χ1) is 16.1. The molecule has 1 aromatic heterocycles. The highest BCUT2D eigenvalue weighted by molar-refractivity contribution is 5.85. The first kappa shape index (κ1) is 22.0. The zero-order chi connectivity index (χ0) is 23.0. The van der Waals surface area contributed by atoms with Gasteiger partial charge in [0.25, 0.3) is 0 Å². The van der Waals surface area contributed by atoms with E-state index in [4.69, 9.17) is 9.47 Å². The maximum Gasteiger partial charge on any atom is 0.408 e. The molecule has 168 valence electrons. The molecule has 1 heterocycles. The van der Waals surface area contributed by atoms with Crippen molar-refractivity contribution in [1.29, 1.82) is 0 Å². The predicted molar refractivity (Wildman–Crippen MR) is 124 cm³/mol. The number of carbonyl (C=O) groups is 2. The van der Waals surface area contributed by atoms with E-state index in [9.17, 15) is 14.7 Å². The van der Waals surface area contributed by atoms with Crippen LogP contribution in [0, 0.1) is 0 Å². The highest BCUT2D eigenvalue weighted by Gasteiger charge is 2.21. The van der Waals surface area contributed by atoms with Crippen LogP contribution in [0.15, 0.2) is 85.1 Å². The van der Waals surface area contributed by atoms with Gasteiger partial charge in [0.1, 0.15) is 25.0 Å². The third kappa shape index (κ3) is 5.92. The molecule has 3 N–H and O–H groups in total. The number of alkyl carbamates (subject to hydrolysis) is 1. The molecule has 0 spiro atoms. The van der Waals surface area contributed by atoms with Gasteiger partial charge in [-0.05, 0) is 34.9 Å². The van der Waals surface area contributed by atoms with Gasteiger partial charge >= 0.3 is 12.1 Å². The minimum Gasteiger partial charge on any atom is -0.488 e. The number of aliphatic carboxylic acids is 1. The summed E-state index contributed by atoms with van der Waals surface area (Å²) in [6, 6.07) is 23.4. The molecule has 0 bridgehead atoms. The Morgan fingerprint density at radius 3 is 2.30 bits per heavy atom. The van der Waals surface area contributed by atoms with Gasteiger partial charge in [0.05, 0.1) is 0 Å². The van der Waals surface area contributed by atoms with E-state index < -0.39 is 18.1 Å². The number of hydrogen-bond acceptors (Lipinski definition) is 4. The average Bonchev–Trinajstić information content (AvgIpc) is 3.32. The lowest BCUT2D eigenvalue weighted by molar-refractivity contribution is -0.139. The fourth-order valence-corrected chi connectivity index (χ4v) is 3.46. The fraction of sp³-hybridized carbons (Fsp3) is 0.154. The Labute approximate surface area is 191 Å². The van der Waals surface area contributed by atoms with Crippen LogP contribution in [0.2, 0.25) is 0 Å².